The second kappa shape index (κ2) is 7.11. The first-order chi connectivity index (χ1) is 9.76. The van der Waals surface area contributed by atoms with E-state index < -0.39 is 0 Å². The van der Waals surface area contributed by atoms with Gasteiger partial charge in [-0.15, -0.1) is 0 Å². The van der Waals surface area contributed by atoms with Crippen molar-refractivity contribution in [2.45, 2.75) is 26.8 Å². The molecule has 0 aromatic heterocycles. The van der Waals surface area contributed by atoms with E-state index in [1.807, 2.05) is 19.1 Å². The van der Waals surface area contributed by atoms with Crippen LogP contribution in [0, 0.1) is 0 Å². The highest BCUT2D eigenvalue weighted by Gasteiger charge is 2.10. The molecule has 0 bridgehead atoms. The van der Waals surface area contributed by atoms with Gasteiger partial charge in [-0.3, -0.25) is 0 Å². The zero-order chi connectivity index (χ0) is 14.4. The van der Waals surface area contributed by atoms with Crippen LogP contribution in [0.5, 0.6) is 5.75 Å². The van der Waals surface area contributed by atoms with Crippen LogP contribution in [-0.4, -0.2) is 13.2 Å². The highest BCUT2D eigenvalue weighted by Crippen LogP contribution is 2.29. The number of benzene rings is 2. The molecule has 0 heterocycles. The lowest BCUT2D eigenvalue weighted by Crippen LogP contribution is -2.18. The SMILES string of the molecule is CCNC(C)c1ccccc1-c1ccc(OCC)cc1. The van der Waals surface area contributed by atoms with Crippen LogP contribution in [0.25, 0.3) is 11.1 Å². The van der Waals surface area contributed by atoms with Gasteiger partial charge in [0, 0.05) is 6.04 Å². The Kier molecular flexibility index (Phi) is 5.19. The summed E-state index contributed by atoms with van der Waals surface area (Å²) in [6.07, 6.45) is 0. The summed E-state index contributed by atoms with van der Waals surface area (Å²) >= 11 is 0. The molecule has 0 amide bonds. The second-order valence-electron chi connectivity index (χ2n) is 4.82. The summed E-state index contributed by atoms with van der Waals surface area (Å²) in [4.78, 5) is 0. The average Bonchev–Trinajstić information content (AvgIpc) is 2.49. The third kappa shape index (κ3) is 3.40. The summed E-state index contributed by atoms with van der Waals surface area (Å²) in [5.41, 5.74) is 3.84. The van der Waals surface area contributed by atoms with E-state index in [0.717, 1.165) is 12.3 Å². The highest BCUT2D eigenvalue weighted by molar-refractivity contribution is 5.68. The van der Waals surface area contributed by atoms with Crippen molar-refractivity contribution in [1.82, 2.24) is 5.32 Å². The monoisotopic (exact) mass is 269 g/mol. The molecule has 1 unspecified atom stereocenters. The number of nitrogens with one attached hydrogen (secondary N) is 1. The van der Waals surface area contributed by atoms with E-state index in [1.54, 1.807) is 0 Å². The molecule has 0 radical (unpaired) electrons. The Morgan fingerprint density at radius 2 is 1.70 bits per heavy atom. The summed E-state index contributed by atoms with van der Waals surface area (Å²) in [5, 5.41) is 3.48. The fourth-order valence-electron chi connectivity index (χ4n) is 2.45. The van der Waals surface area contributed by atoms with Gasteiger partial charge in [0.15, 0.2) is 0 Å². The van der Waals surface area contributed by atoms with Gasteiger partial charge >= 0.3 is 0 Å². The number of ether oxygens (including phenoxy) is 1. The van der Waals surface area contributed by atoms with E-state index in [2.05, 4.69) is 55.6 Å². The van der Waals surface area contributed by atoms with Gasteiger partial charge in [-0.05, 0) is 49.2 Å². The fourth-order valence-corrected chi connectivity index (χ4v) is 2.45. The summed E-state index contributed by atoms with van der Waals surface area (Å²) in [7, 11) is 0. The molecular formula is C18H23NO. The van der Waals surface area contributed by atoms with Gasteiger partial charge in [0.25, 0.3) is 0 Å². The Bertz CT molecular complexity index is 533. The van der Waals surface area contributed by atoms with Gasteiger partial charge in [0.05, 0.1) is 6.61 Å². The minimum Gasteiger partial charge on any atom is -0.494 e. The molecule has 0 aliphatic rings. The van der Waals surface area contributed by atoms with Crippen molar-refractivity contribution >= 4 is 0 Å². The molecule has 0 spiro atoms. The van der Waals surface area contributed by atoms with E-state index in [1.165, 1.54) is 16.7 Å². The van der Waals surface area contributed by atoms with Crippen LogP contribution in [0.3, 0.4) is 0 Å². The van der Waals surface area contributed by atoms with E-state index in [0.29, 0.717) is 12.6 Å². The second-order valence-corrected chi connectivity index (χ2v) is 4.82. The van der Waals surface area contributed by atoms with Crippen LogP contribution in [0.4, 0.5) is 0 Å². The minimum atomic E-state index is 0.350. The van der Waals surface area contributed by atoms with Gasteiger partial charge in [-0.1, -0.05) is 43.3 Å². The van der Waals surface area contributed by atoms with Gasteiger partial charge in [0.1, 0.15) is 5.75 Å². The third-order valence-electron chi connectivity index (χ3n) is 3.41. The maximum Gasteiger partial charge on any atom is 0.119 e. The molecule has 2 aromatic rings. The van der Waals surface area contributed by atoms with Crippen molar-refractivity contribution in [3.05, 3.63) is 54.1 Å². The van der Waals surface area contributed by atoms with E-state index in [-0.39, 0.29) is 0 Å². The predicted molar refractivity (Wildman–Crippen MR) is 85.1 cm³/mol. The van der Waals surface area contributed by atoms with Gasteiger partial charge < -0.3 is 10.1 Å². The largest absolute Gasteiger partial charge is 0.494 e. The maximum atomic E-state index is 5.50. The lowest BCUT2D eigenvalue weighted by atomic mass is 9.95. The first-order valence-corrected chi connectivity index (χ1v) is 7.31. The molecule has 0 saturated heterocycles. The summed E-state index contributed by atoms with van der Waals surface area (Å²) in [5.74, 6) is 0.925. The van der Waals surface area contributed by atoms with Crippen LogP contribution >= 0.6 is 0 Å². The van der Waals surface area contributed by atoms with Crippen LogP contribution in [0.1, 0.15) is 32.4 Å². The Balaban J connectivity index is 2.32. The summed E-state index contributed by atoms with van der Waals surface area (Å²) in [6.45, 7) is 8.01. The van der Waals surface area contributed by atoms with Crippen molar-refractivity contribution < 1.29 is 4.74 Å². The molecule has 1 atom stereocenters. The molecule has 0 fully saturated rings. The number of hydrogen-bond donors (Lipinski definition) is 1. The number of hydrogen-bond acceptors (Lipinski definition) is 2. The molecule has 1 N–H and O–H groups in total. The Morgan fingerprint density at radius 1 is 1.00 bits per heavy atom. The molecule has 2 nitrogen and oxygen atoms in total. The van der Waals surface area contributed by atoms with E-state index in [9.17, 15) is 0 Å². The molecule has 2 rings (SSSR count). The van der Waals surface area contributed by atoms with Gasteiger partial charge in [-0.25, -0.2) is 0 Å². The quantitative estimate of drug-likeness (QED) is 0.838. The third-order valence-corrected chi connectivity index (χ3v) is 3.41. The normalized spacial score (nSPS) is 12.2. The zero-order valence-corrected chi connectivity index (χ0v) is 12.5. The van der Waals surface area contributed by atoms with Crippen LogP contribution < -0.4 is 10.1 Å². The first kappa shape index (κ1) is 14.6. The van der Waals surface area contributed by atoms with Crippen molar-refractivity contribution in [3.63, 3.8) is 0 Å². The lowest BCUT2D eigenvalue weighted by Gasteiger charge is -2.17. The zero-order valence-electron chi connectivity index (χ0n) is 12.5. The van der Waals surface area contributed by atoms with Gasteiger partial charge in [0.2, 0.25) is 0 Å². The van der Waals surface area contributed by atoms with Crippen LogP contribution in [0.2, 0.25) is 0 Å². The molecule has 0 aliphatic heterocycles. The first-order valence-electron chi connectivity index (χ1n) is 7.31. The standard InChI is InChI=1S/C18H23NO/c1-4-19-14(3)17-8-6-7-9-18(17)15-10-12-16(13-11-15)20-5-2/h6-14,19H,4-5H2,1-3H3. The topological polar surface area (TPSA) is 21.3 Å². The van der Waals surface area contributed by atoms with Crippen LogP contribution in [0.15, 0.2) is 48.5 Å². The summed E-state index contributed by atoms with van der Waals surface area (Å²) in [6, 6.07) is 17.2. The Hall–Kier alpha value is -1.80. The molecule has 2 heteroatoms. The summed E-state index contributed by atoms with van der Waals surface area (Å²) < 4.78 is 5.50. The molecule has 0 aliphatic carbocycles. The fraction of sp³-hybridized carbons (Fsp3) is 0.333. The van der Waals surface area contributed by atoms with Crippen molar-refractivity contribution in [3.8, 4) is 16.9 Å². The molecular weight excluding hydrogens is 246 g/mol. The highest BCUT2D eigenvalue weighted by atomic mass is 16.5. The van der Waals surface area contributed by atoms with Crippen molar-refractivity contribution in [2.75, 3.05) is 13.2 Å². The number of rotatable bonds is 6. The van der Waals surface area contributed by atoms with Crippen LogP contribution in [-0.2, 0) is 0 Å². The minimum absolute atomic E-state index is 0.350. The average molecular weight is 269 g/mol. The Morgan fingerprint density at radius 3 is 2.35 bits per heavy atom. The van der Waals surface area contributed by atoms with E-state index >= 15 is 0 Å². The lowest BCUT2D eigenvalue weighted by molar-refractivity contribution is 0.340. The van der Waals surface area contributed by atoms with E-state index in [4.69, 9.17) is 4.74 Å². The molecule has 0 saturated carbocycles. The molecule has 20 heavy (non-hydrogen) atoms. The maximum absolute atomic E-state index is 5.50. The Labute approximate surface area is 121 Å². The molecule has 106 valence electrons. The van der Waals surface area contributed by atoms with Crippen molar-refractivity contribution in [1.29, 1.82) is 0 Å². The predicted octanol–water partition coefficient (Wildman–Crippen LogP) is 4.42. The smallest absolute Gasteiger partial charge is 0.119 e. The molecule has 2 aromatic carbocycles. The van der Waals surface area contributed by atoms with Crippen molar-refractivity contribution in [2.24, 2.45) is 0 Å². The van der Waals surface area contributed by atoms with Gasteiger partial charge in [-0.2, -0.15) is 0 Å².